The van der Waals surface area contributed by atoms with Crippen LogP contribution in [-0.2, 0) is 11.2 Å². The van der Waals surface area contributed by atoms with E-state index in [4.69, 9.17) is 11.6 Å². The zero-order valence-corrected chi connectivity index (χ0v) is 16.6. The number of carbonyl (C=O) groups excluding carboxylic acids is 2. The summed E-state index contributed by atoms with van der Waals surface area (Å²) in [6, 6.07) is 5.50. The first-order valence-corrected chi connectivity index (χ1v) is 11.0. The summed E-state index contributed by atoms with van der Waals surface area (Å²) >= 11 is 10.2. The van der Waals surface area contributed by atoms with Gasteiger partial charge in [-0.1, -0.05) is 11.6 Å². The van der Waals surface area contributed by atoms with Gasteiger partial charge in [-0.15, -0.1) is 11.8 Å². The summed E-state index contributed by atoms with van der Waals surface area (Å²) in [7, 11) is 0. The molecule has 0 saturated heterocycles. The number of hydrogen-bond acceptors (Lipinski definition) is 5. The quantitative estimate of drug-likeness (QED) is 0.545. The molecule has 4 nitrogen and oxygen atoms in total. The lowest BCUT2D eigenvalue weighted by atomic mass is 9.88. The third kappa shape index (κ3) is 3.04. The number of carbonyl (C=O) groups is 2. The Morgan fingerprint density at radius 3 is 2.96 bits per heavy atom. The Hall–Kier alpha value is -1.50. The summed E-state index contributed by atoms with van der Waals surface area (Å²) < 4.78 is 2.05. The van der Waals surface area contributed by atoms with E-state index in [1.807, 2.05) is 6.07 Å². The molecule has 2 heterocycles. The molecule has 0 radical (unpaired) electrons. The van der Waals surface area contributed by atoms with E-state index in [0.717, 1.165) is 23.3 Å². The molecule has 0 bridgehead atoms. The van der Waals surface area contributed by atoms with Gasteiger partial charge in [0.25, 0.3) is 0 Å². The molecular weight excluding hydrogens is 388 g/mol. The lowest BCUT2D eigenvalue weighted by Crippen LogP contribution is -2.22. The average molecular weight is 405 g/mol. The van der Waals surface area contributed by atoms with E-state index in [1.54, 1.807) is 52.7 Å². The van der Waals surface area contributed by atoms with E-state index < -0.39 is 0 Å². The van der Waals surface area contributed by atoms with Crippen LogP contribution in [0.3, 0.4) is 0 Å². The number of hydrogen-bond donors (Lipinski definition) is 0. The fraction of sp³-hybridized carbons (Fsp3) is 0.316. The van der Waals surface area contributed by atoms with Crippen LogP contribution < -0.4 is 0 Å². The van der Waals surface area contributed by atoms with Crippen molar-refractivity contribution in [3.8, 4) is 0 Å². The molecule has 1 aromatic heterocycles. The van der Waals surface area contributed by atoms with Gasteiger partial charge in [0.1, 0.15) is 0 Å². The Labute approximate surface area is 165 Å². The van der Waals surface area contributed by atoms with Gasteiger partial charge in [0, 0.05) is 29.3 Å². The molecule has 4 rings (SSSR count). The fourth-order valence-electron chi connectivity index (χ4n) is 3.44. The molecule has 1 aliphatic heterocycles. The third-order valence-corrected chi connectivity index (χ3v) is 7.79. The maximum Gasteiger partial charge on any atom is 0.199 e. The Morgan fingerprint density at radius 1 is 1.38 bits per heavy atom. The number of Topliss-reactive ketones (excluding diaryl/α,β-unsaturated/α-hetero) is 2. The fourth-order valence-corrected chi connectivity index (χ4v) is 5.86. The molecule has 26 heavy (non-hydrogen) atoms. The number of halogens is 1. The van der Waals surface area contributed by atoms with Gasteiger partial charge in [-0.2, -0.15) is 16.9 Å². The summed E-state index contributed by atoms with van der Waals surface area (Å²) in [5.74, 6) is -0.412. The summed E-state index contributed by atoms with van der Waals surface area (Å²) in [5.41, 5.74) is 2.34. The molecule has 1 aliphatic carbocycles. The van der Waals surface area contributed by atoms with Crippen molar-refractivity contribution < 1.29 is 9.59 Å². The largest absolute Gasteiger partial charge is 0.294 e. The van der Waals surface area contributed by atoms with Crippen molar-refractivity contribution in [3.05, 3.63) is 52.3 Å². The minimum atomic E-state index is -0.286. The van der Waals surface area contributed by atoms with Crippen molar-refractivity contribution >= 4 is 52.4 Å². The van der Waals surface area contributed by atoms with Crippen LogP contribution in [0.15, 0.2) is 41.1 Å². The van der Waals surface area contributed by atoms with Gasteiger partial charge >= 0.3 is 0 Å². The molecule has 0 fully saturated rings. The van der Waals surface area contributed by atoms with Gasteiger partial charge in [-0.25, -0.2) is 4.68 Å². The van der Waals surface area contributed by atoms with E-state index in [0.29, 0.717) is 33.7 Å². The lowest BCUT2D eigenvalue weighted by Gasteiger charge is -2.19. The highest BCUT2D eigenvalue weighted by Gasteiger charge is 2.32. The standard InChI is InChI=1S/C19H17ClN2O2S2/c1-25-16-10-12-15(26-16)7-6-11(18(12)20)19(24)17-13(4-2-5-14(17)23)22-9-3-8-21-22/h3,6-9,16H,2,4-5,10H2,1H3. The lowest BCUT2D eigenvalue weighted by molar-refractivity contribution is -0.115. The zero-order valence-electron chi connectivity index (χ0n) is 14.2. The Morgan fingerprint density at radius 2 is 2.23 bits per heavy atom. The van der Waals surface area contributed by atoms with Crippen LogP contribution in [-0.4, -0.2) is 32.2 Å². The third-order valence-electron chi connectivity index (χ3n) is 4.73. The molecule has 7 heteroatoms. The minimum Gasteiger partial charge on any atom is -0.294 e. The molecule has 0 amide bonds. The molecule has 134 valence electrons. The summed E-state index contributed by atoms with van der Waals surface area (Å²) in [4.78, 5) is 27.0. The van der Waals surface area contributed by atoms with Crippen molar-refractivity contribution in [2.24, 2.45) is 0 Å². The number of benzene rings is 1. The van der Waals surface area contributed by atoms with Gasteiger partial charge in [-0.3, -0.25) is 9.59 Å². The Balaban J connectivity index is 1.79. The Bertz CT molecular complexity index is 922. The van der Waals surface area contributed by atoms with Gasteiger partial charge < -0.3 is 0 Å². The first-order valence-electron chi connectivity index (χ1n) is 8.42. The average Bonchev–Trinajstić information content (AvgIpc) is 3.31. The summed E-state index contributed by atoms with van der Waals surface area (Å²) in [6.45, 7) is 0. The SMILES string of the molecule is CSC1Cc2c(ccc(C(=O)C3=C(n4cccn4)CCCC3=O)c2Cl)S1. The first-order chi connectivity index (χ1) is 12.6. The predicted octanol–water partition coefficient (Wildman–Crippen LogP) is 4.72. The highest BCUT2D eigenvalue weighted by Crippen LogP contribution is 2.45. The molecule has 2 aliphatic rings. The van der Waals surface area contributed by atoms with Crippen LogP contribution in [0.2, 0.25) is 5.02 Å². The number of fused-ring (bicyclic) bond motifs is 1. The van der Waals surface area contributed by atoms with E-state index in [-0.39, 0.29) is 17.1 Å². The van der Waals surface area contributed by atoms with E-state index >= 15 is 0 Å². The minimum absolute atomic E-state index is 0.125. The Kier molecular flexibility index (Phi) is 4.99. The number of ketones is 2. The normalized spacial score (nSPS) is 19.8. The monoisotopic (exact) mass is 404 g/mol. The van der Waals surface area contributed by atoms with Gasteiger partial charge in [-0.05, 0) is 49.3 Å². The van der Waals surface area contributed by atoms with Crippen molar-refractivity contribution in [2.45, 2.75) is 35.2 Å². The smallest absolute Gasteiger partial charge is 0.199 e. The van der Waals surface area contributed by atoms with Crippen molar-refractivity contribution in [1.82, 2.24) is 9.78 Å². The molecule has 0 spiro atoms. The second-order valence-corrected chi connectivity index (χ2v) is 9.23. The van der Waals surface area contributed by atoms with E-state index in [9.17, 15) is 9.59 Å². The molecule has 0 saturated carbocycles. The van der Waals surface area contributed by atoms with Crippen LogP contribution in [0, 0.1) is 0 Å². The molecule has 2 aromatic rings. The number of thioether (sulfide) groups is 2. The van der Waals surface area contributed by atoms with Crippen LogP contribution in [0.1, 0.15) is 35.2 Å². The molecule has 1 atom stereocenters. The van der Waals surface area contributed by atoms with Crippen LogP contribution >= 0.6 is 35.1 Å². The highest BCUT2D eigenvalue weighted by molar-refractivity contribution is 8.17. The summed E-state index contributed by atoms with van der Waals surface area (Å²) in [5, 5.41) is 4.71. The first kappa shape index (κ1) is 17.9. The number of allylic oxidation sites excluding steroid dienone is 2. The molecule has 1 unspecified atom stereocenters. The van der Waals surface area contributed by atoms with E-state index in [1.165, 1.54) is 0 Å². The zero-order chi connectivity index (χ0) is 18.3. The maximum atomic E-state index is 13.3. The van der Waals surface area contributed by atoms with Crippen molar-refractivity contribution in [3.63, 3.8) is 0 Å². The summed E-state index contributed by atoms with van der Waals surface area (Å²) in [6.07, 6.45) is 8.10. The van der Waals surface area contributed by atoms with Crippen molar-refractivity contribution in [1.29, 1.82) is 0 Å². The predicted molar refractivity (Wildman–Crippen MR) is 107 cm³/mol. The topological polar surface area (TPSA) is 52.0 Å². The van der Waals surface area contributed by atoms with Crippen LogP contribution in [0.25, 0.3) is 5.70 Å². The van der Waals surface area contributed by atoms with Gasteiger partial charge in [0.15, 0.2) is 11.6 Å². The number of rotatable bonds is 4. The number of nitrogens with zero attached hydrogens (tertiary/aromatic N) is 2. The molecule has 1 aromatic carbocycles. The second-order valence-electron chi connectivity index (χ2n) is 6.27. The molecule has 0 N–H and O–H groups in total. The highest BCUT2D eigenvalue weighted by atomic mass is 35.5. The second kappa shape index (κ2) is 7.25. The van der Waals surface area contributed by atoms with Crippen molar-refractivity contribution in [2.75, 3.05) is 6.26 Å². The number of aromatic nitrogens is 2. The maximum absolute atomic E-state index is 13.3. The van der Waals surface area contributed by atoms with Gasteiger partial charge in [0.2, 0.25) is 0 Å². The van der Waals surface area contributed by atoms with Gasteiger partial charge in [0.05, 0.1) is 20.9 Å². The van der Waals surface area contributed by atoms with E-state index in [2.05, 4.69) is 11.4 Å². The van der Waals surface area contributed by atoms with Crippen LogP contribution in [0.5, 0.6) is 0 Å². The van der Waals surface area contributed by atoms with Crippen LogP contribution in [0.4, 0.5) is 0 Å². The molecular formula is C19H17ClN2O2S2.